The maximum Gasteiger partial charge on any atom is 0.437 e. The number of halogens is 11. The molecule has 10 nitrogen and oxygen atoms in total. The zero-order chi connectivity index (χ0) is 34.1. The van der Waals surface area contributed by atoms with Crippen LogP contribution in [-0.2, 0) is 17.5 Å². The van der Waals surface area contributed by atoms with Gasteiger partial charge in [0, 0.05) is 25.0 Å². The number of carbonyl (C=O) groups excluding carboxylic acids is 2. The predicted octanol–water partition coefficient (Wildman–Crippen LogP) is 6.50. The smallest absolute Gasteiger partial charge is 0.433 e. The van der Waals surface area contributed by atoms with E-state index in [0.717, 1.165) is 18.3 Å². The van der Waals surface area contributed by atoms with Crippen LogP contribution in [0, 0.1) is 11.3 Å². The van der Waals surface area contributed by atoms with Crippen LogP contribution in [0.1, 0.15) is 34.5 Å². The number of hydrogen-bond acceptors (Lipinski definition) is 8. The van der Waals surface area contributed by atoms with Crippen molar-refractivity contribution in [3.05, 3.63) is 46.2 Å². The number of imide groups is 1. The zero-order valence-corrected chi connectivity index (χ0v) is 23.7. The molecule has 0 unspecified atom stereocenters. The van der Waals surface area contributed by atoms with Gasteiger partial charge in [-0.15, -0.1) is 0 Å². The van der Waals surface area contributed by atoms with Gasteiger partial charge in [0.15, 0.2) is 23.3 Å². The number of amides is 2. The molecule has 244 valence electrons. The SMILES string of the molecule is Cn1nc(C(F)(C(F)(F)F)C(F)(F)F)c(OC(F)F)c1N=CC(=CN)c1ccc(Cl)c(C(=O)N(C(=O)OCCl)C2(C#N)CC2)c1. The maximum atomic E-state index is 14.8. The highest BCUT2D eigenvalue weighted by molar-refractivity contribution is 6.34. The van der Waals surface area contributed by atoms with Gasteiger partial charge in [0.2, 0.25) is 0 Å². The summed E-state index contributed by atoms with van der Waals surface area (Å²) < 4.78 is 130. The Balaban J connectivity index is 2.11. The Morgan fingerprint density at radius 3 is 2.29 bits per heavy atom. The first-order valence-corrected chi connectivity index (χ1v) is 12.8. The van der Waals surface area contributed by atoms with Crippen molar-refractivity contribution in [1.82, 2.24) is 14.7 Å². The summed E-state index contributed by atoms with van der Waals surface area (Å²) in [6.07, 6.45) is -13.1. The second-order valence-corrected chi connectivity index (χ2v) is 9.66. The normalized spacial score (nSPS) is 15.2. The fourth-order valence-corrected chi connectivity index (χ4v) is 4.18. The van der Waals surface area contributed by atoms with Crippen LogP contribution >= 0.6 is 23.2 Å². The molecule has 0 saturated heterocycles. The summed E-state index contributed by atoms with van der Waals surface area (Å²) in [6.45, 7) is -4.04. The minimum absolute atomic E-state index is 0.0781. The van der Waals surface area contributed by atoms with E-state index in [4.69, 9.17) is 28.9 Å². The Morgan fingerprint density at radius 2 is 1.82 bits per heavy atom. The fourth-order valence-electron chi connectivity index (χ4n) is 3.89. The van der Waals surface area contributed by atoms with Crippen LogP contribution in [0.2, 0.25) is 5.02 Å². The molecule has 0 bridgehead atoms. The molecule has 1 aromatic heterocycles. The summed E-state index contributed by atoms with van der Waals surface area (Å²) in [4.78, 5) is 29.9. The van der Waals surface area contributed by atoms with E-state index in [2.05, 4.69) is 19.6 Å². The minimum atomic E-state index is -6.72. The lowest BCUT2D eigenvalue weighted by Gasteiger charge is -2.28. The molecule has 2 amide bonds. The van der Waals surface area contributed by atoms with E-state index in [0.29, 0.717) is 18.2 Å². The van der Waals surface area contributed by atoms with E-state index in [1.54, 1.807) is 0 Å². The van der Waals surface area contributed by atoms with Gasteiger partial charge in [-0.3, -0.25) is 4.79 Å². The predicted molar refractivity (Wildman–Crippen MR) is 137 cm³/mol. The standard InChI is InChI=1S/C24H17Cl2F9N6O4/c1-40-17(15(45-19(27)28)16(39-40)22(29,23(30,31)32)24(33,34)35)38-8-12(7-36)11-2-3-14(26)13(6-11)18(42)41(20(43)44-10-25)21(9-37)4-5-21/h2-3,6-8,19H,4-5,10,36H2,1H3. The number of aryl methyl sites for hydroxylation is 1. The van der Waals surface area contributed by atoms with Crippen LogP contribution in [0.25, 0.3) is 5.57 Å². The molecular formula is C24H17Cl2F9N6O4. The topological polar surface area (TPSA) is 136 Å². The van der Waals surface area contributed by atoms with Gasteiger partial charge in [0.25, 0.3) is 5.91 Å². The van der Waals surface area contributed by atoms with E-state index in [9.17, 15) is 54.4 Å². The lowest BCUT2D eigenvalue weighted by molar-refractivity contribution is -0.350. The average Bonchev–Trinajstić information content (AvgIpc) is 3.66. The van der Waals surface area contributed by atoms with Crippen molar-refractivity contribution < 1.29 is 58.6 Å². The largest absolute Gasteiger partial charge is 0.437 e. The van der Waals surface area contributed by atoms with Gasteiger partial charge in [-0.25, -0.2) is 23.8 Å². The molecular weight excluding hydrogens is 678 g/mol. The minimum Gasteiger partial charge on any atom is -0.433 e. The molecule has 1 aliphatic rings. The van der Waals surface area contributed by atoms with Crippen LogP contribution in [0.5, 0.6) is 5.75 Å². The van der Waals surface area contributed by atoms with E-state index in [1.807, 2.05) is 6.07 Å². The van der Waals surface area contributed by atoms with Crippen molar-refractivity contribution in [3.8, 4) is 11.8 Å². The monoisotopic (exact) mass is 694 g/mol. The first-order valence-electron chi connectivity index (χ1n) is 11.9. The van der Waals surface area contributed by atoms with Crippen LogP contribution in [0.15, 0.2) is 29.4 Å². The third-order valence-corrected chi connectivity index (χ3v) is 6.69. The van der Waals surface area contributed by atoms with Crippen molar-refractivity contribution in [1.29, 1.82) is 5.26 Å². The first kappa shape index (κ1) is 35.3. The van der Waals surface area contributed by atoms with Gasteiger partial charge in [0.05, 0.1) is 16.7 Å². The van der Waals surface area contributed by atoms with Crippen molar-refractivity contribution in [2.75, 3.05) is 6.07 Å². The van der Waals surface area contributed by atoms with E-state index in [-0.39, 0.29) is 33.7 Å². The highest BCUT2D eigenvalue weighted by atomic mass is 35.5. The molecule has 1 heterocycles. The Bertz CT molecular complexity index is 1570. The number of ether oxygens (including phenoxy) is 2. The highest BCUT2D eigenvalue weighted by Gasteiger charge is 2.76. The van der Waals surface area contributed by atoms with Gasteiger partial charge in [-0.1, -0.05) is 29.3 Å². The summed E-state index contributed by atoms with van der Waals surface area (Å²) in [5.41, 5.74) is -5.56. The zero-order valence-electron chi connectivity index (χ0n) is 22.2. The third kappa shape index (κ3) is 6.61. The number of nitriles is 1. The van der Waals surface area contributed by atoms with Crippen molar-refractivity contribution >= 4 is 52.8 Å². The maximum absolute atomic E-state index is 14.8. The van der Waals surface area contributed by atoms with Gasteiger partial charge < -0.3 is 15.2 Å². The average molecular weight is 695 g/mol. The second kappa shape index (κ2) is 12.7. The molecule has 1 fully saturated rings. The molecule has 21 heteroatoms. The number of nitrogens with two attached hydrogens (primary N) is 1. The number of alkyl halides is 10. The number of rotatable bonds is 9. The highest BCUT2D eigenvalue weighted by Crippen LogP contribution is 2.56. The number of hydrogen-bond donors (Lipinski definition) is 1. The third-order valence-electron chi connectivity index (χ3n) is 6.25. The number of aliphatic imine (C=N–C) groups is 1. The fraction of sp³-hybridized carbons (Fsp3) is 0.375. The number of aromatic nitrogens is 2. The summed E-state index contributed by atoms with van der Waals surface area (Å²) in [6, 6.07) is 4.50. The van der Waals surface area contributed by atoms with Crippen LogP contribution in [0.3, 0.4) is 0 Å². The van der Waals surface area contributed by atoms with Crippen molar-refractivity contribution in [2.45, 2.75) is 43.0 Å². The summed E-state index contributed by atoms with van der Waals surface area (Å²) in [5, 5.41) is 12.1. The van der Waals surface area contributed by atoms with Gasteiger partial charge >= 0.3 is 30.7 Å². The molecule has 2 N–H and O–H groups in total. The molecule has 0 atom stereocenters. The Morgan fingerprint density at radius 1 is 1.22 bits per heavy atom. The van der Waals surface area contributed by atoms with Crippen LogP contribution in [0.4, 0.5) is 50.1 Å². The number of nitrogens with zero attached hydrogens (tertiary/aromatic N) is 5. The quantitative estimate of drug-likeness (QED) is 0.180. The molecule has 0 radical (unpaired) electrons. The Hall–Kier alpha value is -4.18. The first-order chi connectivity index (χ1) is 20.8. The van der Waals surface area contributed by atoms with Gasteiger partial charge in [0.1, 0.15) is 5.54 Å². The van der Waals surface area contributed by atoms with Gasteiger partial charge in [-0.2, -0.15) is 45.5 Å². The molecule has 1 saturated carbocycles. The van der Waals surface area contributed by atoms with Crippen LogP contribution in [-0.4, -0.2) is 63.5 Å². The summed E-state index contributed by atoms with van der Waals surface area (Å²) in [5.74, 6) is -4.32. The lowest BCUT2D eigenvalue weighted by atomic mass is 9.99. The van der Waals surface area contributed by atoms with Crippen molar-refractivity contribution in [3.63, 3.8) is 0 Å². The van der Waals surface area contributed by atoms with Crippen LogP contribution < -0.4 is 10.5 Å². The molecule has 1 aliphatic carbocycles. The number of benzene rings is 1. The van der Waals surface area contributed by atoms with Gasteiger partial charge in [-0.05, 0) is 30.5 Å². The number of allylic oxidation sites excluding steroid dienone is 1. The van der Waals surface area contributed by atoms with E-state index < -0.39 is 71.1 Å². The lowest BCUT2D eigenvalue weighted by Crippen LogP contribution is -2.51. The summed E-state index contributed by atoms with van der Waals surface area (Å²) in [7, 11) is 0.671. The molecule has 0 spiro atoms. The molecule has 1 aromatic carbocycles. The van der Waals surface area contributed by atoms with Crippen molar-refractivity contribution in [2.24, 2.45) is 17.8 Å². The van der Waals surface area contributed by atoms with E-state index in [1.165, 1.54) is 6.07 Å². The molecule has 3 rings (SSSR count). The Labute approximate surface area is 256 Å². The molecule has 0 aliphatic heterocycles. The summed E-state index contributed by atoms with van der Waals surface area (Å²) >= 11 is 11.6. The molecule has 2 aromatic rings. The second-order valence-electron chi connectivity index (χ2n) is 9.04. The molecule has 45 heavy (non-hydrogen) atoms. The van der Waals surface area contributed by atoms with E-state index >= 15 is 0 Å². The Kier molecular flexibility index (Phi) is 9.94. The number of carbonyl (C=O) groups is 2.